The Balaban J connectivity index is 1.70. The Hall–Kier alpha value is -2.69. The molecule has 0 heterocycles. The van der Waals surface area contributed by atoms with E-state index >= 15 is 0 Å². The van der Waals surface area contributed by atoms with E-state index in [1.165, 1.54) is 0 Å². The van der Waals surface area contributed by atoms with Crippen molar-refractivity contribution in [3.63, 3.8) is 0 Å². The van der Waals surface area contributed by atoms with Crippen LogP contribution in [-0.4, -0.2) is 17.5 Å². The summed E-state index contributed by atoms with van der Waals surface area (Å²) in [5, 5.41) is 8.55. The molecule has 0 unspecified atom stereocenters. The molecule has 0 radical (unpaired) electrons. The lowest BCUT2D eigenvalue weighted by Gasteiger charge is -2.08. The highest BCUT2D eigenvalue weighted by molar-refractivity contribution is 6.40. The Morgan fingerprint density at radius 3 is 2.45 bits per heavy atom. The molecule has 1 aliphatic rings. The van der Waals surface area contributed by atoms with Gasteiger partial charge in [0.15, 0.2) is 0 Å². The summed E-state index contributed by atoms with van der Waals surface area (Å²) in [7, 11) is 0. The monoisotopic (exact) mass is 295 g/mol. The SMILES string of the molecule is O=C(NN=C1CCCC1)C(=O)Nc1cccc2ccccc12. The van der Waals surface area contributed by atoms with Gasteiger partial charge in [0.1, 0.15) is 0 Å². The minimum absolute atomic E-state index is 0.617. The summed E-state index contributed by atoms with van der Waals surface area (Å²) < 4.78 is 0. The fourth-order valence-electron chi connectivity index (χ4n) is 2.59. The Morgan fingerprint density at radius 1 is 0.909 bits per heavy atom. The van der Waals surface area contributed by atoms with Crippen LogP contribution in [-0.2, 0) is 9.59 Å². The maximum Gasteiger partial charge on any atom is 0.329 e. The van der Waals surface area contributed by atoms with Crippen LogP contribution < -0.4 is 10.7 Å². The molecule has 3 rings (SSSR count). The first kappa shape index (κ1) is 14.3. The standard InChI is InChI=1S/C17H17N3O2/c21-16(17(22)20-19-13-8-2-3-9-13)18-15-11-5-7-12-6-1-4-10-14(12)15/h1,4-7,10-11H,2-3,8-9H2,(H,18,21)(H,20,22). The van der Waals surface area contributed by atoms with E-state index in [1.807, 2.05) is 36.4 Å². The molecule has 0 saturated heterocycles. The number of hydrazone groups is 1. The summed E-state index contributed by atoms with van der Waals surface area (Å²) in [6.45, 7) is 0. The third kappa shape index (κ3) is 3.14. The molecule has 1 saturated carbocycles. The molecular weight excluding hydrogens is 278 g/mol. The van der Waals surface area contributed by atoms with Crippen molar-refractivity contribution in [1.29, 1.82) is 0 Å². The number of benzene rings is 2. The first-order valence-corrected chi connectivity index (χ1v) is 7.38. The van der Waals surface area contributed by atoms with E-state index in [1.54, 1.807) is 6.07 Å². The molecule has 0 spiro atoms. The van der Waals surface area contributed by atoms with Crippen LogP contribution in [0.5, 0.6) is 0 Å². The number of carbonyl (C=O) groups excluding carboxylic acids is 2. The van der Waals surface area contributed by atoms with Crippen LogP contribution in [0.2, 0.25) is 0 Å². The van der Waals surface area contributed by atoms with Gasteiger partial charge in [0, 0.05) is 16.8 Å². The number of fused-ring (bicyclic) bond motifs is 1. The lowest BCUT2D eigenvalue weighted by atomic mass is 10.1. The zero-order valence-electron chi connectivity index (χ0n) is 12.1. The van der Waals surface area contributed by atoms with Gasteiger partial charge in [-0.3, -0.25) is 9.59 Å². The van der Waals surface area contributed by atoms with Crippen LogP contribution in [0.3, 0.4) is 0 Å². The van der Waals surface area contributed by atoms with Gasteiger partial charge in [-0.25, -0.2) is 5.43 Å². The summed E-state index contributed by atoms with van der Waals surface area (Å²) >= 11 is 0. The van der Waals surface area contributed by atoms with Gasteiger partial charge in [-0.2, -0.15) is 5.10 Å². The highest BCUT2D eigenvalue weighted by Gasteiger charge is 2.15. The first-order valence-electron chi connectivity index (χ1n) is 7.38. The fraction of sp³-hybridized carbons (Fsp3) is 0.235. The van der Waals surface area contributed by atoms with Gasteiger partial charge in [-0.1, -0.05) is 36.4 Å². The second kappa shape index (κ2) is 6.39. The molecule has 2 aromatic carbocycles. The molecule has 1 aliphatic carbocycles. The summed E-state index contributed by atoms with van der Waals surface area (Å²) in [5.41, 5.74) is 3.90. The van der Waals surface area contributed by atoms with E-state index in [4.69, 9.17) is 0 Å². The molecule has 2 N–H and O–H groups in total. The molecule has 0 aliphatic heterocycles. The minimum atomic E-state index is -0.743. The highest BCUT2D eigenvalue weighted by atomic mass is 16.2. The van der Waals surface area contributed by atoms with Crippen LogP contribution in [0.25, 0.3) is 10.8 Å². The number of rotatable bonds is 2. The number of amides is 2. The van der Waals surface area contributed by atoms with Gasteiger partial charge in [-0.15, -0.1) is 0 Å². The topological polar surface area (TPSA) is 70.6 Å². The quantitative estimate of drug-likeness (QED) is 0.660. The number of hydrogen-bond donors (Lipinski definition) is 2. The molecule has 2 aromatic rings. The lowest BCUT2D eigenvalue weighted by Crippen LogP contribution is -2.32. The average molecular weight is 295 g/mol. The van der Waals surface area contributed by atoms with Crippen molar-refractivity contribution in [2.24, 2.45) is 5.10 Å². The summed E-state index contributed by atoms with van der Waals surface area (Å²) in [6.07, 6.45) is 3.98. The van der Waals surface area contributed by atoms with Crippen molar-refractivity contribution in [3.05, 3.63) is 42.5 Å². The van der Waals surface area contributed by atoms with E-state index in [2.05, 4.69) is 15.8 Å². The molecule has 5 nitrogen and oxygen atoms in total. The van der Waals surface area contributed by atoms with Gasteiger partial charge >= 0.3 is 11.8 Å². The summed E-state index contributed by atoms with van der Waals surface area (Å²) in [4.78, 5) is 23.8. The number of carbonyl (C=O) groups is 2. The second-order valence-corrected chi connectivity index (χ2v) is 5.31. The maximum atomic E-state index is 12.0. The van der Waals surface area contributed by atoms with Crippen molar-refractivity contribution >= 4 is 34.0 Å². The van der Waals surface area contributed by atoms with Crippen LogP contribution in [0.1, 0.15) is 25.7 Å². The Labute approximate surface area is 128 Å². The van der Waals surface area contributed by atoms with Crippen molar-refractivity contribution in [2.45, 2.75) is 25.7 Å². The molecule has 0 aromatic heterocycles. The Kier molecular flexibility index (Phi) is 4.14. The molecule has 0 atom stereocenters. The fourth-order valence-corrected chi connectivity index (χ4v) is 2.59. The Bertz CT molecular complexity index is 739. The molecule has 22 heavy (non-hydrogen) atoms. The highest BCUT2D eigenvalue weighted by Crippen LogP contribution is 2.22. The van der Waals surface area contributed by atoms with E-state index in [0.717, 1.165) is 42.2 Å². The minimum Gasteiger partial charge on any atom is -0.317 e. The third-order valence-electron chi connectivity index (χ3n) is 3.74. The largest absolute Gasteiger partial charge is 0.329 e. The predicted octanol–water partition coefficient (Wildman–Crippen LogP) is 2.82. The maximum absolute atomic E-state index is 12.0. The van der Waals surface area contributed by atoms with Gasteiger partial charge in [0.05, 0.1) is 0 Å². The van der Waals surface area contributed by atoms with Gasteiger partial charge < -0.3 is 5.32 Å². The van der Waals surface area contributed by atoms with Crippen LogP contribution in [0.15, 0.2) is 47.6 Å². The first-order chi connectivity index (χ1) is 10.7. The number of anilines is 1. The molecule has 5 heteroatoms. The molecule has 0 bridgehead atoms. The van der Waals surface area contributed by atoms with Gasteiger partial charge in [0.25, 0.3) is 0 Å². The zero-order chi connectivity index (χ0) is 15.4. The van der Waals surface area contributed by atoms with Gasteiger partial charge in [-0.05, 0) is 37.1 Å². The van der Waals surface area contributed by atoms with Crippen molar-refractivity contribution in [3.8, 4) is 0 Å². The van der Waals surface area contributed by atoms with Crippen LogP contribution >= 0.6 is 0 Å². The normalized spacial score (nSPS) is 13.9. The van der Waals surface area contributed by atoms with Gasteiger partial charge in [0.2, 0.25) is 0 Å². The average Bonchev–Trinajstić information content (AvgIpc) is 3.06. The smallest absolute Gasteiger partial charge is 0.317 e. The summed E-state index contributed by atoms with van der Waals surface area (Å²) in [5.74, 6) is -1.45. The van der Waals surface area contributed by atoms with Crippen LogP contribution in [0, 0.1) is 0 Å². The number of hydrogen-bond acceptors (Lipinski definition) is 3. The lowest BCUT2D eigenvalue weighted by molar-refractivity contribution is -0.136. The number of nitrogens with one attached hydrogen (secondary N) is 2. The van der Waals surface area contributed by atoms with Crippen molar-refractivity contribution in [2.75, 3.05) is 5.32 Å². The second-order valence-electron chi connectivity index (χ2n) is 5.31. The number of nitrogens with zero attached hydrogens (tertiary/aromatic N) is 1. The predicted molar refractivity (Wildman–Crippen MR) is 86.6 cm³/mol. The van der Waals surface area contributed by atoms with Crippen molar-refractivity contribution in [1.82, 2.24) is 5.43 Å². The molecule has 1 fully saturated rings. The third-order valence-corrected chi connectivity index (χ3v) is 3.74. The molecule has 112 valence electrons. The van der Waals surface area contributed by atoms with E-state index < -0.39 is 11.8 Å². The van der Waals surface area contributed by atoms with Crippen molar-refractivity contribution < 1.29 is 9.59 Å². The molecular formula is C17H17N3O2. The van der Waals surface area contributed by atoms with E-state index in [9.17, 15) is 9.59 Å². The van der Waals surface area contributed by atoms with E-state index in [0.29, 0.717) is 5.69 Å². The molecule has 2 amide bonds. The van der Waals surface area contributed by atoms with E-state index in [-0.39, 0.29) is 0 Å². The Morgan fingerprint density at radius 2 is 1.64 bits per heavy atom. The summed E-state index contributed by atoms with van der Waals surface area (Å²) in [6, 6.07) is 13.3. The zero-order valence-corrected chi connectivity index (χ0v) is 12.1. The van der Waals surface area contributed by atoms with Crippen LogP contribution in [0.4, 0.5) is 5.69 Å².